The second kappa shape index (κ2) is 4.42. The van der Waals surface area contributed by atoms with Gasteiger partial charge in [-0.3, -0.25) is 4.79 Å². The maximum atomic E-state index is 11.4. The first-order chi connectivity index (χ1) is 7.90. The van der Waals surface area contributed by atoms with E-state index in [2.05, 4.69) is 15.9 Å². The van der Waals surface area contributed by atoms with Gasteiger partial charge in [-0.1, -0.05) is 15.9 Å². The molecular weight excluding hydrogens is 292 g/mol. The van der Waals surface area contributed by atoms with Crippen molar-refractivity contribution in [2.75, 3.05) is 5.33 Å². The summed E-state index contributed by atoms with van der Waals surface area (Å²) in [4.78, 5) is 22.6. The minimum Gasteiger partial charge on any atom is -0.342 e. The Kier molecular flexibility index (Phi) is 3.42. The van der Waals surface area contributed by atoms with Crippen LogP contribution in [0, 0.1) is 0 Å². The van der Waals surface area contributed by atoms with Crippen LogP contribution in [-0.4, -0.2) is 41.2 Å². The third-order valence-corrected chi connectivity index (χ3v) is 3.52. The van der Waals surface area contributed by atoms with Crippen molar-refractivity contribution in [3.8, 4) is 0 Å². The third-order valence-electron chi connectivity index (χ3n) is 2.90. The number of alkyl halides is 1. The van der Waals surface area contributed by atoms with E-state index in [1.54, 1.807) is 13.8 Å². The number of rotatable bonds is 4. The molecule has 96 valence electrons. The summed E-state index contributed by atoms with van der Waals surface area (Å²) in [6, 6.07) is 0. The summed E-state index contributed by atoms with van der Waals surface area (Å²) in [5.74, 6) is -0.764. The van der Waals surface area contributed by atoms with Crippen LogP contribution in [-0.2, 0) is 23.8 Å². The average Bonchev–Trinajstić information content (AvgIpc) is 2.68. The Labute approximate surface area is 108 Å². The highest BCUT2D eigenvalue weighted by molar-refractivity contribution is 9.09. The Balaban J connectivity index is 2.06. The van der Waals surface area contributed by atoms with Gasteiger partial charge in [-0.2, -0.15) is 0 Å². The quantitative estimate of drug-likeness (QED) is 0.576. The van der Waals surface area contributed by atoms with Crippen molar-refractivity contribution in [1.82, 2.24) is 0 Å². The number of aldehydes is 1. The predicted octanol–water partition coefficient (Wildman–Crippen LogP) is 1.18. The highest BCUT2D eigenvalue weighted by Crippen LogP contribution is 2.42. The van der Waals surface area contributed by atoms with Gasteiger partial charge in [-0.05, 0) is 13.8 Å². The maximum absolute atomic E-state index is 11.4. The lowest BCUT2D eigenvalue weighted by Crippen LogP contribution is -2.37. The fraction of sp³-hybridized carbons (Fsp3) is 0.818. The van der Waals surface area contributed by atoms with Crippen molar-refractivity contribution in [3.63, 3.8) is 0 Å². The highest BCUT2D eigenvalue weighted by Gasteiger charge is 2.55. The standard InChI is InChI=1S/C11H15BrO5/c1-10(2)15-8-4-11(6-13,3-7(14)5-12)17-9(8)16-10/h6,8-9H,3-5H2,1-2H3/t8-,9+,11-/m1/s1. The Bertz CT molecular complexity index is 325. The molecule has 6 heteroatoms. The number of Topliss-reactive ketones (excluding diaryl/α,β-unsaturated/α-hetero) is 1. The Morgan fingerprint density at radius 1 is 1.41 bits per heavy atom. The number of carbonyl (C=O) groups is 2. The molecule has 0 aliphatic carbocycles. The van der Waals surface area contributed by atoms with Crippen molar-refractivity contribution in [3.05, 3.63) is 0 Å². The van der Waals surface area contributed by atoms with Gasteiger partial charge in [0, 0.05) is 12.8 Å². The predicted molar refractivity (Wildman–Crippen MR) is 61.7 cm³/mol. The first-order valence-corrected chi connectivity index (χ1v) is 6.59. The minimum absolute atomic E-state index is 0.0574. The number of ether oxygens (including phenoxy) is 3. The molecule has 0 unspecified atom stereocenters. The molecule has 5 nitrogen and oxygen atoms in total. The first-order valence-electron chi connectivity index (χ1n) is 5.47. The van der Waals surface area contributed by atoms with Gasteiger partial charge in [0.15, 0.2) is 18.4 Å². The van der Waals surface area contributed by atoms with Crippen LogP contribution in [0.1, 0.15) is 26.7 Å². The fourth-order valence-corrected chi connectivity index (χ4v) is 2.47. The summed E-state index contributed by atoms with van der Waals surface area (Å²) in [7, 11) is 0. The molecule has 0 aromatic rings. The lowest BCUT2D eigenvalue weighted by atomic mass is 9.95. The van der Waals surface area contributed by atoms with E-state index in [1.807, 2.05) is 0 Å². The lowest BCUT2D eigenvalue weighted by Gasteiger charge is -2.25. The van der Waals surface area contributed by atoms with Gasteiger partial charge >= 0.3 is 0 Å². The summed E-state index contributed by atoms with van der Waals surface area (Å²) in [6.07, 6.45) is 0.272. The number of hydrogen-bond donors (Lipinski definition) is 0. The summed E-state index contributed by atoms with van der Waals surface area (Å²) < 4.78 is 16.7. The van der Waals surface area contributed by atoms with Crippen molar-refractivity contribution < 1.29 is 23.8 Å². The van der Waals surface area contributed by atoms with E-state index >= 15 is 0 Å². The van der Waals surface area contributed by atoms with Crippen LogP contribution in [0.25, 0.3) is 0 Å². The zero-order valence-corrected chi connectivity index (χ0v) is 11.4. The van der Waals surface area contributed by atoms with E-state index in [9.17, 15) is 9.59 Å². The molecule has 2 fully saturated rings. The summed E-state index contributed by atoms with van der Waals surface area (Å²) in [6.45, 7) is 3.59. The molecule has 0 amide bonds. The van der Waals surface area contributed by atoms with E-state index < -0.39 is 17.7 Å². The molecule has 0 aromatic heterocycles. The van der Waals surface area contributed by atoms with E-state index in [-0.39, 0.29) is 23.6 Å². The number of fused-ring (bicyclic) bond motifs is 1. The molecule has 0 saturated carbocycles. The summed E-state index contributed by atoms with van der Waals surface area (Å²) >= 11 is 3.07. The topological polar surface area (TPSA) is 61.8 Å². The molecule has 3 atom stereocenters. The van der Waals surface area contributed by atoms with Gasteiger partial charge in [0.1, 0.15) is 17.5 Å². The van der Waals surface area contributed by atoms with E-state index in [0.717, 1.165) is 0 Å². The van der Waals surface area contributed by atoms with Crippen LogP contribution in [0.15, 0.2) is 0 Å². The second-order valence-electron chi connectivity index (χ2n) is 4.90. The molecule has 2 rings (SSSR count). The number of carbonyl (C=O) groups excluding carboxylic acids is 2. The SMILES string of the molecule is CC1(C)O[C@H]2O[C@](C=O)(CC(=O)CBr)C[C@H]2O1. The Morgan fingerprint density at radius 3 is 2.65 bits per heavy atom. The van der Waals surface area contributed by atoms with E-state index in [4.69, 9.17) is 14.2 Å². The molecule has 2 aliphatic rings. The minimum atomic E-state index is -1.09. The normalized spacial score (nSPS) is 39.0. The fourth-order valence-electron chi connectivity index (χ4n) is 2.27. The van der Waals surface area contributed by atoms with Gasteiger partial charge < -0.3 is 19.0 Å². The van der Waals surface area contributed by atoms with Gasteiger partial charge in [-0.25, -0.2) is 0 Å². The summed E-state index contributed by atoms with van der Waals surface area (Å²) in [5, 5.41) is 0.217. The van der Waals surface area contributed by atoms with E-state index in [1.165, 1.54) is 0 Å². The molecule has 2 aliphatic heterocycles. The molecule has 0 bridgehead atoms. The number of hydrogen-bond acceptors (Lipinski definition) is 5. The number of halogens is 1. The van der Waals surface area contributed by atoms with Crippen LogP contribution >= 0.6 is 15.9 Å². The van der Waals surface area contributed by atoms with Gasteiger partial charge in [0.05, 0.1) is 5.33 Å². The van der Waals surface area contributed by atoms with Crippen molar-refractivity contribution >= 4 is 28.0 Å². The van der Waals surface area contributed by atoms with Gasteiger partial charge in [-0.15, -0.1) is 0 Å². The molecule has 0 radical (unpaired) electrons. The Morgan fingerprint density at radius 2 is 2.12 bits per heavy atom. The monoisotopic (exact) mass is 306 g/mol. The van der Waals surface area contributed by atoms with Crippen LogP contribution in [0.5, 0.6) is 0 Å². The molecule has 17 heavy (non-hydrogen) atoms. The molecule has 0 spiro atoms. The molecule has 2 saturated heterocycles. The molecule has 0 N–H and O–H groups in total. The van der Waals surface area contributed by atoms with E-state index in [0.29, 0.717) is 12.7 Å². The van der Waals surface area contributed by atoms with Crippen molar-refractivity contribution in [2.45, 2.75) is 50.5 Å². The van der Waals surface area contributed by atoms with Crippen molar-refractivity contribution in [1.29, 1.82) is 0 Å². The summed E-state index contributed by atoms with van der Waals surface area (Å²) in [5.41, 5.74) is -1.09. The third kappa shape index (κ3) is 2.59. The largest absolute Gasteiger partial charge is 0.342 e. The van der Waals surface area contributed by atoms with Crippen LogP contribution in [0.2, 0.25) is 0 Å². The van der Waals surface area contributed by atoms with Gasteiger partial charge in [0.25, 0.3) is 0 Å². The second-order valence-corrected chi connectivity index (χ2v) is 5.46. The van der Waals surface area contributed by atoms with Crippen LogP contribution < -0.4 is 0 Å². The van der Waals surface area contributed by atoms with Crippen LogP contribution in [0.3, 0.4) is 0 Å². The molecular formula is C11H15BrO5. The molecule has 2 heterocycles. The smallest absolute Gasteiger partial charge is 0.188 e. The zero-order valence-electron chi connectivity index (χ0n) is 9.77. The number of ketones is 1. The van der Waals surface area contributed by atoms with Gasteiger partial charge in [0.2, 0.25) is 0 Å². The van der Waals surface area contributed by atoms with Crippen molar-refractivity contribution in [2.24, 2.45) is 0 Å². The van der Waals surface area contributed by atoms with Crippen LogP contribution in [0.4, 0.5) is 0 Å². The highest BCUT2D eigenvalue weighted by atomic mass is 79.9. The zero-order chi connectivity index (χ0) is 12.7. The molecule has 0 aromatic carbocycles. The lowest BCUT2D eigenvalue weighted by molar-refractivity contribution is -0.220. The average molecular weight is 307 g/mol. The Hall–Kier alpha value is -0.300. The first kappa shape index (κ1) is 13.1. The maximum Gasteiger partial charge on any atom is 0.188 e.